The molecule has 2 saturated heterocycles. The van der Waals surface area contributed by atoms with Gasteiger partial charge in [0.15, 0.2) is 0 Å². The molecule has 2 aliphatic rings. The summed E-state index contributed by atoms with van der Waals surface area (Å²) in [5.74, 6) is -0.422. The summed E-state index contributed by atoms with van der Waals surface area (Å²) in [6.07, 6.45) is 0. The minimum absolute atomic E-state index is 0.422. The van der Waals surface area contributed by atoms with Gasteiger partial charge in [0.05, 0.1) is 0 Å². The fourth-order valence-corrected chi connectivity index (χ4v) is 18.7. The molecule has 2 fully saturated rings. The summed E-state index contributed by atoms with van der Waals surface area (Å²) in [7, 11) is 0. The van der Waals surface area contributed by atoms with Gasteiger partial charge >= 0.3 is 133 Å². The molecule has 2 heterocycles. The number of hydrogen-bond acceptors (Lipinski definition) is 6. The molecule has 2 aliphatic heterocycles. The maximum atomic E-state index is 11.7. The van der Waals surface area contributed by atoms with Crippen LogP contribution in [0.5, 0.6) is 0 Å². The predicted octanol–water partition coefficient (Wildman–Crippen LogP) is 1.80. The van der Waals surface area contributed by atoms with Gasteiger partial charge in [0.1, 0.15) is 0 Å². The van der Waals surface area contributed by atoms with Crippen LogP contribution in [0.25, 0.3) is 0 Å². The number of aryl methyl sites for hydroxylation is 1. The third kappa shape index (κ3) is 2.32. The normalized spacial score (nSPS) is 21.8. The molecule has 0 aromatic heterocycles. The topological polar surface area (TPSA) is 76.4 Å². The molecule has 114 valence electrons. The summed E-state index contributed by atoms with van der Waals surface area (Å²) in [4.78, 5) is 32.4. The molecular formula is C13H15ClO6Pb. The van der Waals surface area contributed by atoms with Crippen LogP contribution in [0, 0.1) is 6.92 Å². The van der Waals surface area contributed by atoms with E-state index in [-0.39, 0.29) is 0 Å². The van der Waals surface area contributed by atoms with Gasteiger partial charge in [0.25, 0.3) is 0 Å². The van der Waals surface area contributed by atoms with Crippen LogP contribution in [-0.4, -0.2) is 34.3 Å². The average molecular weight is 510 g/mol. The second-order valence-electron chi connectivity index (χ2n) is 5.46. The van der Waals surface area contributed by atoms with Crippen molar-refractivity contribution in [3.63, 3.8) is 0 Å². The van der Waals surface area contributed by atoms with E-state index in [4.69, 9.17) is 33.8 Å². The number of halogens is 1. The number of rotatable bonds is 4. The first-order valence-corrected chi connectivity index (χ1v) is 14.2. The fourth-order valence-electron chi connectivity index (χ4n) is 2.57. The first kappa shape index (κ1) is 15.6. The van der Waals surface area contributed by atoms with Crippen LogP contribution in [0.1, 0.15) is 26.3 Å². The van der Waals surface area contributed by atoms with Gasteiger partial charge in [-0.25, -0.2) is 0 Å². The van der Waals surface area contributed by atoms with Gasteiger partial charge in [-0.2, -0.15) is 0 Å². The Morgan fingerprint density at radius 2 is 1.71 bits per heavy atom. The Kier molecular flexibility index (Phi) is 3.62. The zero-order valence-electron chi connectivity index (χ0n) is 12.1. The standard InChI is InChI=1S/C7H6Cl.2C2H3O2.C2H4O2.Pb/c1-6-4-2-3-5-7(6)8;2*1-2-3-4-2;1-2(3)4;/h2,4-5H,1H3;2*1H3;1H3,(H,3,4);/q;;;;+1/p-1. The second kappa shape index (κ2) is 4.87. The van der Waals surface area contributed by atoms with E-state index in [2.05, 4.69) is 0 Å². The maximum absolute atomic E-state index is 11.7. The Morgan fingerprint density at radius 1 is 1.19 bits per heavy atom. The number of carbonyl (C=O) groups is 1. The van der Waals surface area contributed by atoms with Gasteiger partial charge in [0, 0.05) is 0 Å². The second-order valence-corrected chi connectivity index (χ2v) is 21.3. The van der Waals surface area contributed by atoms with E-state index in [1.807, 2.05) is 19.1 Å². The molecule has 6 nitrogen and oxygen atoms in total. The van der Waals surface area contributed by atoms with Gasteiger partial charge in [0.2, 0.25) is 0 Å². The van der Waals surface area contributed by atoms with Crippen molar-refractivity contribution in [2.75, 3.05) is 0 Å². The van der Waals surface area contributed by atoms with Gasteiger partial charge in [-0.1, -0.05) is 0 Å². The van der Waals surface area contributed by atoms with E-state index in [1.165, 1.54) is 6.92 Å². The van der Waals surface area contributed by atoms with Gasteiger partial charge < -0.3 is 0 Å². The Labute approximate surface area is 132 Å². The number of hydrogen-bond donors (Lipinski definition) is 0. The van der Waals surface area contributed by atoms with Crippen molar-refractivity contribution in [2.24, 2.45) is 0 Å². The first-order chi connectivity index (χ1) is 9.74. The summed E-state index contributed by atoms with van der Waals surface area (Å²) in [5.41, 5.74) is 0.927. The summed E-state index contributed by atoms with van der Waals surface area (Å²) in [6.45, 7) is 6.72. The van der Waals surface area contributed by atoms with Crippen LogP contribution in [0.2, 0.25) is 5.02 Å². The van der Waals surface area contributed by atoms with Crippen molar-refractivity contribution in [2.45, 2.75) is 34.4 Å². The molecule has 1 aromatic rings. The molecule has 3 rings (SSSR count). The monoisotopic (exact) mass is 510 g/mol. The van der Waals surface area contributed by atoms with E-state index in [0.29, 0.717) is 5.02 Å². The first-order valence-electron chi connectivity index (χ1n) is 6.44. The molecule has 0 spiro atoms. The van der Waals surface area contributed by atoms with E-state index in [0.717, 1.165) is 8.69 Å². The fraction of sp³-hybridized carbons (Fsp3) is 0.462. The summed E-state index contributed by atoms with van der Waals surface area (Å²) >= 11 is 1.82. The summed E-state index contributed by atoms with van der Waals surface area (Å²) in [6, 6.07) is 5.53. The van der Waals surface area contributed by atoms with E-state index in [1.54, 1.807) is 19.9 Å². The summed E-state index contributed by atoms with van der Waals surface area (Å²) < 4.78 is 4.59. The van der Waals surface area contributed by atoms with Gasteiger partial charge in [-0.3, -0.25) is 0 Å². The zero-order valence-corrected chi connectivity index (χ0v) is 16.7. The molecule has 1 aromatic carbocycles. The van der Waals surface area contributed by atoms with Crippen LogP contribution in [0.15, 0.2) is 18.2 Å². The Balaban J connectivity index is 2.19. The predicted molar refractivity (Wildman–Crippen MR) is 74.5 cm³/mol. The molecule has 8 heteroatoms. The SMILES string of the molecule is CC(=O)[O][Pb]([c]1ccc(C)c(Cl)c1)([C]1(C)OO1)[C]1(C)OO1. The quantitative estimate of drug-likeness (QED) is 0.350. The van der Waals surface area contributed by atoms with Crippen molar-refractivity contribution in [3.05, 3.63) is 28.8 Å². The molecule has 0 unspecified atom stereocenters. The van der Waals surface area contributed by atoms with Gasteiger partial charge in [-0.05, 0) is 0 Å². The van der Waals surface area contributed by atoms with Crippen molar-refractivity contribution >= 4 is 42.3 Å². The van der Waals surface area contributed by atoms with E-state index in [9.17, 15) is 4.79 Å². The molecule has 0 radical (unpaired) electrons. The van der Waals surface area contributed by atoms with Crippen molar-refractivity contribution < 1.29 is 27.0 Å². The Morgan fingerprint density at radius 3 is 2.10 bits per heavy atom. The van der Waals surface area contributed by atoms with Crippen molar-refractivity contribution in [1.29, 1.82) is 0 Å². The molecule has 0 aliphatic carbocycles. The summed E-state index contributed by atoms with van der Waals surface area (Å²) in [5, 5.41) is 0.581. The Bertz CT molecular complexity index is 593. The number of benzene rings is 1. The number of carbonyl (C=O) groups excluding carboxylic acids is 1. The zero-order chi connectivity index (χ0) is 15.5. The van der Waals surface area contributed by atoms with Crippen molar-refractivity contribution in [1.82, 2.24) is 0 Å². The van der Waals surface area contributed by atoms with Crippen LogP contribution in [0.4, 0.5) is 0 Å². The molecule has 0 N–H and O–H groups in total. The van der Waals surface area contributed by atoms with Crippen LogP contribution in [-0.2, 0) is 27.0 Å². The Hall–Kier alpha value is -0.258. The van der Waals surface area contributed by atoms with Crippen molar-refractivity contribution in [3.8, 4) is 0 Å². The molecule has 0 bridgehead atoms. The molecule has 0 atom stereocenters. The third-order valence-electron chi connectivity index (χ3n) is 3.82. The van der Waals surface area contributed by atoms with E-state index < -0.39 is 34.3 Å². The van der Waals surface area contributed by atoms with Gasteiger partial charge in [-0.15, -0.1) is 0 Å². The molecule has 0 amide bonds. The molecule has 21 heavy (non-hydrogen) atoms. The minimum atomic E-state index is -4.41. The molecular weight excluding hydrogens is 495 g/mol. The third-order valence-corrected chi connectivity index (χ3v) is 22.1. The average Bonchev–Trinajstić information content (AvgIpc) is 3.30. The van der Waals surface area contributed by atoms with Crippen LogP contribution < -0.4 is 3.12 Å². The van der Waals surface area contributed by atoms with Crippen LogP contribution in [0.3, 0.4) is 0 Å². The molecule has 0 saturated carbocycles. The van der Waals surface area contributed by atoms with Crippen LogP contribution >= 0.6 is 11.6 Å². The van der Waals surface area contributed by atoms with E-state index >= 15 is 0 Å².